The highest BCUT2D eigenvalue weighted by atomic mass is 16.7. The first kappa shape index (κ1) is 56.1. The van der Waals surface area contributed by atoms with Crippen molar-refractivity contribution in [3.05, 3.63) is 0 Å². The van der Waals surface area contributed by atoms with E-state index in [-0.39, 0.29) is 6.42 Å². The molecular weight excluding hydrogens is 751 g/mol. The summed E-state index contributed by atoms with van der Waals surface area (Å²) in [6, 6.07) is -1.16. The first-order valence-electron chi connectivity index (χ1n) is 24.9. The van der Waals surface area contributed by atoms with Crippen LogP contribution in [0.15, 0.2) is 0 Å². The molecule has 0 unspecified atom stereocenters. The van der Waals surface area contributed by atoms with Gasteiger partial charge in [-0.2, -0.15) is 0 Å². The second-order valence-electron chi connectivity index (χ2n) is 17.9. The van der Waals surface area contributed by atoms with E-state index in [0.29, 0.717) is 19.3 Å². The Bertz CT molecular complexity index is 928. The average molecular weight is 846 g/mol. The molecule has 11 heteroatoms. The molecule has 1 saturated heterocycles. The van der Waals surface area contributed by atoms with Crippen LogP contribution in [0, 0.1) is 0 Å². The lowest BCUT2D eigenvalue weighted by atomic mass is 9.98. The number of ether oxygens (including phenoxy) is 2. The van der Waals surface area contributed by atoms with Crippen molar-refractivity contribution in [2.75, 3.05) is 13.2 Å². The maximum Gasteiger partial charge on any atom is 0.249 e. The minimum absolute atomic E-state index is 0.266. The third kappa shape index (κ3) is 28.4. The van der Waals surface area contributed by atoms with Gasteiger partial charge in [0.15, 0.2) is 6.29 Å². The van der Waals surface area contributed by atoms with Crippen LogP contribution in [-0.4, -0.2) is 110 Å². The third-order valence-corrected chi connectivity index (χ3v) is 12.4. The molecule has 0 aliphatic carbocycles. The van der Waals surface area contributed by atoms with Gasteiger partial charge in [-0.15, -0.1) is 0 Å². The third-order valence-electron chi connectivity index (χ3n) is 12.4. The Kier molecular flexibility index (Phi) is 36.9. The summed E-state index contributed by atoms with van der Waals surface area (Å²) in [7, 11) is 0. The van der Waals surface area contributed by atoms with E-state index in [1.54, 1.807) is 0 Å². The van der Waals surface area contributed by atoms with Crippen LogP contribution in [0.3, 0.4) is 0 Å². The lowest BCUT2D eigenvalue weighted by Gasteiger charge is -2.40. The van der Waals surface area contributed by atoms with Gasteiger partial charge < -0.3 is 50.5 Å². The van der Waals surface area contributed by atoms with Crippen LogP contribution >= 0.6 is 0 Å². The fourth-order valence-corrected chi connectivity index (χ4v) is 8.27. The van der Waals surface area contributed by atoms with Crippen LogP contribution in [0.2, 0.25) is 0 Å². The molecule has 0 saturated carbocycles. The number of carbonyl (C=O) groups excluding carboxylic acids is 1. The van der Waals surface area contributed by atoms with E-state index < -0.39 is 74.2 Å². The Labute approximate surface area is 360 Å². The number of rotatable bonds is 42. The summed E-state index contributed by atoms with van der Waals surface area (Å²) in [5, 5.41) is 75.7. The van der Waals surface area contributed by atoms with Crippen LogP contribution < -0.4 is 5.32 Å². The summed E-state index contributed by atoms with van der Waals surface area (Å²) >= 11 is 0. The van der Waals surface area contributed by atoms with Gasteiger partial charge in [-0.1, -0.05) is 219 Å². The number of carbonyl (C=O) groups is 1. The summed E-state index contributed by atoms with van der Waals surface area (Å²) in [5.41, 5.74) is 0. The molecule has 1 heterocycles. The van der Waals surface area contributed by atoms with E-state index in [1.807, 2.05) is 0 Å². The molecule has 59 heavy (non-hydrogen) atoms. The summed E-state index contributed by atoms with van der Waals surface area (Å²) in [5.74, 6) is -0.693. The predicted octanol–water partition coefficient (Wildman–Crippen LogP) is 8.67. The van der Waals surface area contributed by atoms with Crippen molar-refractivity contribution in [3.63, 3.8) is 0 Å². The van der Waals surface area contributed by atoms with Gasteiger partial charge in [-0.25, -0.2) is 0 Å². The maximum absolute atomic E-state index is 13.1. The highest BCUT2D eigenvalue weighted by Crippen LogP contribution is 2.23. The zero-order valence-electron chi connectivity index (χ0n) is 38.0. The molecule has 1 fully saturated rings. The molecule has 0 aromatic carbocycles. The SMILES string of the molecule is CCCCCCCCCCCCCCCCCCCCCC[C@@H](O)C(=O)N[C@@H](CO[C@@H]1O[C@H](CO)[C@H](O)[C@H](O)[C@H]1O)[C@H](O)[C@H](O)CCCCCCCCCCCCCC. The summed E-state index contributed by atoms with van der Waals surface area (Å²) in [6.45, 7) is 3.45. The lowest BCUT2D eigenvalue weighted by molar-refractivity contribution is -0.303. The molecule has 8 N–H and O–H groups in total. The first-order chi connectivity index (χ1) is 28.7. The molecule has 1 rings (SSSR count). The quantitative estimate of drug-likeness (QED) is 0.0276. The van der Waals surface area contributed by atoms with Crippen molar-refractivity contribution in [3.8, 4) is 0 Å². The largest absolute Gasteiger partial charge is 0.394 e. The number of aliphatic hydroxyl groups is 7. The average Bonchev–Trinajstić information content (AvgIpc) is 3.23. The minimum Gasteiger partial charge on any atom is -0.394 e. The Morgan fingerprint density at radius 3 is 1.25 bits per heavy atom. The number of unbranched alkanes of at least 4 members (excludes halogenated alkanes) is 30. The van der Waals surface area contributed by atoms with Gasteiger partial charge in [0.2, 0.25) is 5.91 Å². The zero-order chi connectivity index (χ0) is 43.4. The van der Waals surface area contributed by atoms with Gasteiger partial charge in [-0.05, 0) is 12.8 Å². The minimum atomic E-state index is -1.66. The van der Waals surface area contributed by atoms with E-state index in [2.05, 4.69) is 19.2 Å². The molecule has 0 aromatic rings. The normalized spacial score (nSPS) is 21.7. The molecule has 1 aliphatic heterocycles. The predicted molar refractivity (Wildman–Crippen MR) is 238 cm³/mol. The second kappa shape index (κ2) is 38.8. The van der Waals surface area contributed by atoms with Crippen LogP contribution in [0.4, 0.5) is 0 Å². The topological polar surface area (TPSA) is 189 Å². The van der Waals surface area contributed by atoms with Crippen LogP contribution in [0.5, 0.6) is 0 Å². The Balaban J connectivity index is 2.37. The summed E-state index contributed by atoms with van der Waals surface area (Å²) in [6.07, 6.45) is 28.7. The smallest absolute Gasteiger partial charge is 0.249 e. The highest BCUT2D eigenvalue weighted by Gasteiger charge is 2.44. The molecule has 1 amide bonds. The first-order valence-corrected chi connectivity index (χ1v) is 24.9. The van der Waals surface area contributed by atoms with Crippen LogP contribution in [-0.2, 0) is 14.3 Å². The molecule has 0 aromatic heterocycles. The second-order valence-corrected chi connectivity index (χ2v) is 17.9. The summed E-state index contributed by atoms with van der Waals surface area (Å²) in [4.78, 5) is 13.1. The van der Waals surface area contributed by atoms with Crippen LogP contribution in [0.1, 0.15) is 232 Å². The molecule has 352 valence electrons. The van der Waals surface area contributed by atoms with Gasteiger partial charge >= 0.3 is 0 Å². The van der Waals surface area contributed by atoms with Crippen molar-refractivity contribution in [2.24, 2.45) is 0 Å². The highest BCUT2D eigenvalue weighted by molar-refractivity contribution is 5.80. The lowest BCUT2D eigenvalue weighted by Crippen LogP contribution is -2.60. The number of amides is 1. The molecular formula is C48H95NO10. The fourth-order valence-electron chi connectivity index (χ4n) is 8.27. The fraction of sp³-hybridized carbons (Fsp3) is 0.979. The zero-order valence-corrected chi connectivity index (χ0v) is 38.0. The van der Waals surface area contributed by atoms with E-state index in [0.717, 1.165) is 38.5 Å². The van der Waals surface area contributed by atoms with Gasteiger partial charge in [0.05, 0.1) is 25.4 Å². The van der Waals surface area contributed by atoms with Crippen LogP contribution in [0.25, 0.3) is 0 Å². The molecule has 0 radical (unpaired) electrons. The Hall–Kier alpha value is -0.890. The van der Waals surface area contributed by atoms with Gasteiger partial charge in [0.1, 0.15) is 36.6 Å². The monoisotopic (exact) mass is 846 g/mol. The van der Waals surface area contributed by atoms with Gasteiger partial charge in [-0.3, -0.25) is 4.79 Å². The standard InChI is InChI=1S/C48H95NO10/c1-3-5-7-9-11-13-15-17-18-19-20-21-22-23-24-26-28-30-32-34-36-41(52)47(57)49-39(38-58-48-46(56)45(55)44(54)42(37-50)59-48)43(53)40(51)35-33-31-29-27-25-16-14-12-10-8-6-4-2/h39-46,48,50-56H,3-38H2,1-2H3,(H,49,57)/t39-,40+,41+,42+,43-,44-,45-,46+,48+/m0/s1. The van der Waals surface area contributed by atoms with Gasteiger partial charge in [0.25, 0.3) is 0 Å². The van der Waals surface area contributed by atoms with Crippen molar-refractivity contribution in [2.45, 2.75) is 287 Å². The van der Waals surface area contributed by atoms with Crippen molar-refractivity contribution in [1.29, 1.82) is 0 Å². The maximum atomic E-state index is 13.1. The molecule has 11 nitrogen and oxygen atoms in total. The summed E-state index contributed by atoms with van der Waals surface area (Å²) < 4.78 is 11.1. The van der Waals surface area contributed by atoms with Crippen molar-refractivity contribution in [1.82, 2.24) is 5.32 Å². The van der Waals surface area contributed by atoms with E-state index >= 15 is 0 Å². The molecule has 0 spiro atoms. The van der Waals surface area contributed by atoms with E-state index in [4.69, 9.17) is 9.47 Å². The van der Waals surface area contributed by atoms with Crippen molar-refractivity contribution < 1.29 is 50.0 Å². The molecule has 0 bridgehead atoms. The number of hydrogen-bond donors (Lipinski definition) is 8. The van der Waals surface area contributed by atoms with E-state index in [9.17, 15) is 40.5 Å². The Morgan fingerprint density at radius 1 is 0.525 bits per heavy atom. The number of aliphatic hydroxyl groups excluding tert-OH is 7. The van der Waals surface area contributed by atoms with Crippen molar-refractivity contribution >= 4 is 5.91 Å². The molecule has 1 aliphatic rings. The number of hydrogen-bond acceptors (Lipinski definition) is 10. The van der Waals surface area contributed by atoms with Gasteiger partial charge in [0, 0.05) is 0 Å². The van der Waals surface area contributed by atoms with E-state index in [1.165, 1.54) is 154 Å². The number of nitrogens with one attached hydrogen (secondary N) is 1. The molecule has 9 atom stereocenters. The Morgan fingerprint density at radius 2 is 0.881 bits per heavy atom.